The van der Waals surface area contributed by atoms with Crippen LogP contribution in [0.4, 0.5) is 5.69 Å². The van der Waals surface area contributed by atoms with E-state index in [1.807, 2.05) is 30.6 Å². The molecule has 4 rings (SSSR count). The number of halogens is 1. The SMILES string of the molecule is Brc1ccc([C@H]2CC(c3ccncc3)=NN2c2ccccc2)s1. The number of hydrogen-bond donors (Lipinski definition) is 0. The zero-order valence-corrected chi connectivity index (χ0v) is 14.7. The Morgan fingerprint density at radius 1 is 1.00 bits per heavy atom. The van der Waals surface area contributed by atoms with Crippen LogP contribution < -0.4 is 5.01 Å². The van der Waals surface area contributed by atoms with Gasteiger partial charge in [0.2, 0.25) is 0 Å². The first-order valence-corrected chi connectivity index (χ1v) is 8.99. The molecule has 0 aliphatic carbocycles. The monoisotopic (exact) mass is 383 g/mol. The molecule has 3 nitrogen and oxygen atoms in total. The molecule has 1 aliphatic rings. The Morgan fingerprint density at radius 2 is 1.78 bits per heavy atom. The fourth-order valence-electron chi connectivity index (χ4n) is 2.78. The maximum absolute atomic E-state index is 4.91. The number of thiophene rings is 1. The molecule has 0 bridgehead atoms. The molecular formula is C18H14BrN3S. The molecule has 1 aliphatic heterocycles. The summed E-state index contributed by atoms with van der Waals surface area (Å²) < 4.78 is 1.15. The number of benzene rings is 1. The van der Waals surface area contributed by atoms with Crippen molar-refractivity contribution in [1.82, 2.24) is 4.98 Å². The summed E-state index contributed by atoms with van der Waals surface area (Å²) in [5.41, 5.74) is 3.36. The van der Waals surface area contributed by atoms with E-state index in [1.165, 1.54) is 4.88 Å². The lowest BCUT2D eigenvalue weighted by Crippen LogP contribution is -2.17. The standard InChI is InChI=1S/C18H14BrN3S/c19-18-7-6-17(23-18)16-12-15(13-8-10-20-11-9-13)21-22(16)14-4-2-1-3-5-14/h1-11,16H,12H2/t16-/m1/s1. The van der Waals surface area contributed by atoms with E-state index in [0.717, 1.165) is 27.2 Å². The number of rotatable bonds is 3. The molecule has 23 heavy (non-hydrogen) atoms. The number of pyridine rings is 1. The van der Waals surface area contributed by atoms with Crippen molar-refractivity contribution in [3.63, 3.8) is 0 Å². The second-order valence-electron chi connectivity index (χ2n) is 5.32. The van der Waals surface area contributed by atoms with Crippen LogP contribution in [0.1, 0.15) is 22.9 Å². The third-order valence-corrected chi connectivity index (χ3v) is 5.59. The van der Waals surface area contributed by atoms with Gasteiger partial charge in [0.25, 0.3) is 0 Å². The molecule has 114 valence electrons. The van der Waals surface area contributed by atoms with Crippen LogP contribution in [0.3, 0.4) is 0 Å². The van der Waals surface area contributed by atoms with Gasteiger partial charge in [-0.25, -0.2) is 0 Å². The molecule has 2 aromatic heterocycles. The average Bonchev–Trinajstić information content (AvgIpc) is 3.23. The van der Waals surface area contributed by atoms with Gasteiger partial charge in [0.05, 0.1) is 21.2 Å². The third-order valence-electron chi connectivity index (χ3n) is 3.87. The highest BCUT2D eigenvalue weighted by atomic mass is 79.9. The van der Waals surface area contributed by atoms with Gasteiger partial charge in [0.15, 0.2) is 0 Å². The normalized spacial score (nSPS) is 17.3. The van der Waals surface area contributed by atoms with E-state index >= 15 is 0 Å². The molecule has 0 saturated carbocycles. The van der Waals surface area contributed by atoms with Gasteiger partial charge in [-0.2, -0.15) is 5.10 Å². The Morgan fingerprint density at radius 3 is 2.48 bits per heavy atom. The maximum Gasteiger partial charge on any atom is 0.0924 e. The zero-order valence-electron chi connectivity index (χ0n) is 12.3. The fourth-order valence-corrected chi connectivity index (χ4v) is 4.29. The zero-order chi connectivity index (χ0) is 15.6. The first-order valence-electron chi connectivity index (χ1n) is 7.38. The van der Waals surface area contributed by atoms with Gasteiger partial charge in [-0.05, 0) is 52.3 Å². The molecule has 0 fully saturated rings. The second kappa shape index (κ2) is 6.26. The van der Waals surface area contributed by atoms with E-state index in [0.29, 0.717) is 0 Å². The number of hydrazone groups is 1. The van der Waals surface area contributed by atoms with Gasteiger partial charge >= 0.3 is 0 Å². The van der Waals surface area contributed by atoms with E-state index in [9.17, 15) is 0 Å². The summed E-state index contributed by atoms with van der Waals surface area (Å²) in [4.78, 5) is 5.42. The number of hydrogen-bond acceptors (Lipinski definition) is 4. The summed E-state index contributed by atoms with van der Waals surface area (Å²) in [6.07, 6.45) is 4.53. The Balaban J connectivity index is 1.75. The molecular weight excluding hydrogens is 370 g/mol. The first-order chi connectivity index (χ1) is 11.3. The highest BCUT2D eigenvalue weighted by Gasteiger charge is 2.30. The topological polar surface area (TPSA) is 28.5 Å². The molecule has 0 saturated heterocycles. The highest BCUT2D eigenvalue weighted by molar-refractivity contribution is 9.11. The van der Waals surface area contributed by atoms with Crippen molar-refractivity contribution in [2.75, 3.05) is 5.01 Å². The number of nitrogens with zero attached hydrogens (tertiary/aromatic N) is 3. The minimum atomic E-state index is 0.233. The number of para-hydroxylation sites is 1. The Kier molecular flexibility index (Phi) is 3.97. The van der Waals surface area contributed by atoms with Gasteiger partial charge < -0.3 is 0 Å². The van der Waals surface area contributed by atoms with Crippen LogP contribution in [0, 0.1) is 0 Å². The summed E-state index contributed by atoms with van der Waals surface area (Å²) in [5, 5.41) is 7.04. The van der Waals surface area contributed by atoms with Crippen molar-refractivity contribution in [3.8, 4) is 0 Å². The predicted molar refractivity (Wildman–Crippen MR) is 99.1 cm³/mol. The molecule has 0 N–H and O–H groups in total. The molecule has 1 aromatic carbocycles. The van der Waals surface area contributed by atoms with Crippen LogP contribution in [0.2, 0.25) is 0 Å². The van der Waals surface area contributed by atoms with E-state index in [-0.39, 0.29) is 6.04 Å². The molecule has 0 spiro atoms. The molecule has 0 amide bonds. The van der Waals surface area contributed by atoms with Gasteiger partial charge in [-0.15, -0.1) is 11.3 Å². The number of aromatic nitrogens is 1. The molecule has 1 atom stereocenters. The van der Waals surface area contributed by atoms with Crippen LogP contribution in [0.15, 0.2) is 75.9 Å². The van der Waals surface area contributed by atoms with Crippen LogP contribution in [-0.4, -0.2) is 10.7 Å². The molecule has 5 heteroatoms. The van der Waals surface area contributed by atoms with Crippen molar-refractivity contribution in [2.24, 2.45) is 5.10 Å². The molecule has 0 radical (unpaired) electrons. The lowest BCUT2D eigenvalue weighted by molar-refractivity contribution is 0.722. The molecule has 3 heterocycles. The van der Waals surface area contributed by atoms with Crippen molar-refractivity contribution >= 4 is 38.7 Å². The fraction of sp³-hybridized carbons (Fsp3) is 0.111. The van der Waals surface area contributed by atoms with Gasteiger partial charge in [-0.1, -0.05) is 18.2 Å². The average molecular weight is 384 g/mol. The summed E-state index contributed by atoms with van der Waals surface area (Å²) in [6, 6.07) is 18.9. The van der Waals surface area contributed by atoms with Crippen molar-refractivity contribution < 1.29 is 0 Å². The van der Waals surface area contributed by atoms with Crippen molar-refractivity contribution in [2.45, 2.75) is 12.5 Å². The Bertz CT molecular complexity index is 830. The smallest absolute Gasteiger partial charge is 0.0924 e. The van der Waals surface area contributed by atoms with E-state index in [2.05, 4.69) is 62.3 Å². The van der Waals surface area contributed by atoms with E-state index in [1.54, 1.807) is 11.3 Å². The van der Waals surface area contributed by atoms with Crippen LogP contribution in [0.25, 0.3) is 0 Å². The van der Waals surface area contributed by atoms with Crippen LogP contribution in [-0.2, 0) is 0 Å². The predicted octanol–water partition coefficient (Wildman–Crippen LogP) is 5.26. The highest BCUT2D eigenvalue weighted by Crippen LogP contribution is 2.40. The minimum absolute atomic E-state index is 0.233. The van der Waals surface area contributed by atoms with Gasteiger partial charge in [0.1, 0.15) is 0 Å². The molecule has 0 unspecified atom stereocenters. The quantitative estimate of drug-likeness (QED) is 0.616. The maximum atomic E-state index is 4.91. The van der Waals surface area contributed by atoms with Gasteiger partial charge in [-0.3, -0.25) is 9.99 Å². The lowest BCUT2D eigenvalue weighted by atomic mass is 10.0. The van der Waals surface area contributed by atoms with E-state index < -0.39 is 0 Å². The lowest BCUT2D eigenvalue weighted by Gasteiger charge is -2.22. The van der Waals surface area contributed by atoms with Crippen LogP contribution in [0.5, 0.6) is 0 Å². The minimum Gasteiger partial charge on any atom is -0.265 e. The van der Waals surface area contributed by atoms with Crippen molar-refractivity contribution in [1.29, 1.82) is 0 Å². The third kappa shape index (κ3) is 2.94. The summed E-state index contributed by atoms with van der Waals surface area (Å²) in [6.45, 7) is 0. The Labute approximate surface area is 147 Å². The second-order valence-corrected chi connectivity index (χ2v) is 7.82. The summed E-state index contributed by atoms with van der Waals surface area (Å²) >= 11 is 5.34. The largest absolute Gasteiger partial charge is 0.265 e. The number of anilines is 1. The van der Waals surface area contributed by atoms with Crippen LogP contribution >= 0.6 is 27.3 Å². The first kappa shape index (κ1) is 14.6. The summed E-state index contributed by atoms with van der Waals surface area (Å²) in [5.74, 6) is 0. The van der Waals surface area contributed by atoms with E-state index in [4.69, 9.17) is 5.10 Å². The summed E-state index contributed by atoms with van der Waals surface area (Å²) in [7, 11) is 0. The van der Waals surface area contributed by atoms with Gasteiger partial charge in [0, 0.05) is 29.3 Å². The Hall–Kier alpha value is -1.98. The molecule has 3 aromatic rings. The van der Waals surface area contributed by atoms with Crippen molar-refractivity contribution in [3.05, 3.63) is 81.2 Å².